The zero-order valence-electron chi connectivity index (χ0n) is 15.7. The minimum Gasteiger partial charge on any atom is -0.345 e. The lowest BCUT2D eigenvalue weighted by atomic mass is 10.0. The molecule has 0 N–H and O–H groups in total. The van der Waals surface area contributed by atoms with Crippen LogP contribution in [0.2, 0.25) is 0 Å². The minimum absolute atomic E-state index is 0.0215. The summed E-state index contributed by atoms with van der Waals surface area (Å²) in [6.07, 6.45) is 0. The Kier molecular flexibility index (Phi) is 5.33. The lowest BCUT2D eigenvalue weighted by Crippen LogP contribution is -2.20. The van der Waals surface area contributed by atoms with Crippen LogP contribution in [0.25, 0.3) is 0 Å². The molecule has 0 saturated carbocycles. The van der Waals surface area contributed by atoms with Crippen molar-refractivity contribution in [2.75, 3.05) is 5.75 Å². The van der Waals surface area contributed by atoms with Gasteiger partial charge in [-0.15, -0.1) is 0 Å². The molecule has 1 unspecified atom stereocenters. The number of ketones is 1. The third kappa shape index (κ3) is 3.88. The predicted molar refractivity (Wildman–Crippen MR) is 107 cm³/mol. The van der Waals surface area contributed by atoms with Crippen LogP contribution in [0.5, 0.6) is 0 Å². The average molecular weight is 381 g/mol. The molecule has 1 atom stereocenters. The van der Waals surface area contributed by atoms with Crippen LogP contribution in [0.4, 0.5) is 0 Å². The smallest absolute Gasteiger partial charge is 0.194 e. The van der Waals surface area contributed by atoms with Crippen molar-refractivity contribution in [3.63, 3.8) is 0 Å². The number of nitrogens with zero attached hydrogens (tertiary/aromatic N) is 1. The monoisotopic (exact) mass is 381 g/mol. The van der Waals surface area contributed by atoms with Crippen molar-refractivity contribution >= 4 is 15.6 Å². The van der Waals surface area contributed by atoms with Gasteiger partial charge in [0.2, 0.25) is 0 Å². The van der Waals surface area contributed by atoms with E-state index in [1.165, 1.54) is 0 Å². The minimum atomic E-state index is -3.41. The van der Waals surface area contributed by atoms with Gasteiger partial charge in [0.05, 0.1) is 10.6 Å². The first-order chi connectivity index (χ1) is 12.8. The SMILES string of the molecule is Cc1cc(C(=O)c2ccccc2)c(C)n1C(C)CS(=O)(=O)c1ccccc1. The van der Waals surface area contributed by atoms with Crippen LogP contribution < -0.4 is 0 Å². The van der Waals surface area contributed by atoms with Crippen LogP contribution in [0.1, 0.15) is 40.3 Å². The first kappa shape index (κ1) is 19.1. The van der Waals surface area contributed by atoms with Crippen LogP contribution in [0, 0.1) is 13.8 Å². The van der Waals surface area contributed by atoms with E-state index in [9.17, 15) is 13.2 Å². The Morgan fingerprint density at radius 1 is 0.963 bits per heavy atom. The quantitative estimate of drug-likeness (QED) is 0.596. The Hall–Kier alpha value is -2.66. The van der Waals surface area contributed by atoms with E-state index < -0.39 is 9.84 Å². The van der Waals surface area contributed by atoms with E-state index in [0.717, 1.165) is 11.4 Å². The summed E-state index contributed by atoms with van der Waals surface area (Å²) >= 11 is 0. The number of rotatable bonds is 6. The number of benzene rings is 2. The van der Waals surface area contributed by atoms with E-state index in [1.807, 2.05) is 49.6 Å². The molecule has 2 aromatic carbocycles. The van der Waals surface area contributed by atoms with Crippen LogP contribution >= 0.6 is 0 Å². The van der Waals surface area contributed by atoms with Gasteiger partial charge in [0.15, 0.2) is 15.6 Å². The van der Waals surface area contributed by atoms with Crippen molar-refractivity contribution in [1.29, 1.82) is 0 Å². The Labute approximate surface area is 160 Å². The molecule has 0 radical (unpaired) electrons. The lowest BCUT2D eigenvalue weighted by Gasteiger charge is -2.19. The fourth-order valence-corrected chi connectivity index (χ4v) is 5.09. The molecule has 1 aromatic heterocycles. The maximum Gasteiger partial charge on any atom is 0.194 e. The fourth-order valence-electron chi connectivity index (χ4n) is 3.55. The molecule has 0 fully saturated rings. The van der Waals surface area contributed by atoms with Crippen LogP contribution in [-0.4, -0.2) is 24.5 Å². The van der Waals surface area contributed by atoms with Crippen LogP contribution in [-0.2, 0) is 9.84 Å². The molecule has 3 rings (SSSR count). The second-order valence-corrected chi connectivity index (χ2v) is 8.83. The van der Waals surface area contributed by atoms with Gasteiger partial charge in [0.1, 0.15) is 0 Å². The topological polar surface area (TPSA) is 56.1 Å². The normalized spacial score (nSPS) is 12.7. The fraction of sp³-hybridized carbons (Fsp3) is 0.227. The van der Waals surface area contributed by atoms with E-state index in [4.69, 9.17) is 0 Å². The molecule has 0 aliphatic heterocycles. The van der Waals surface area contributed by atoms with Crippen molar-refractivity contribution in [2.45, 2.75) is 31.7 Å². The second-order valence-electron chi connectivity index (χ2n) is 6.79. The average Bonchev–Trinajstić information content (AvgIpc) is 2.96. The number of carbonyl (C=O) groups is 1. The van der Waals surface area contributed by atoms with E-state index >= 15 is 0 Å². The van der Waals surface area contributed by atoms with Gasteiger partial charge in [0.25, 0.3) is 0 Å². The van der Waals surface area contributed by atoms with E-state index in [2.05, 4.69) is 0 Å². The number of sulfone groups is 1. The number of aryl methyl sites for hydroxylation is 1. The molecule has 5 heteroatoms. The molecule has 27 heavy (non-hydrogen) atoms. The maximum absolute atomic E-state index is 12.8. The zero-order valence-corrected chi connectivity index (χ0v) is 16.5. The highest BCUT2D eigenvalue weighted by Gasteiger charge is 2.24. The molecule has 0 aliphatic rings. The number of carbonyl (C=O) groups excluding carboxylic acids is 1. The summed E-state index contributed by atoms with van der Waals surface area (Å²) in [7, 11) is -3.41. The number of hydrogen-bond donors (Lipinski definition) is 0. The molecule has 0 saturated heterocycles. The standard InChI is InChI=1S/C22H23NO3S/c1-16-14-21(22(24)19-10-6-4-7-11-19)18(3)23(16)17(2)15-27(25,26)20-12-8-5-9-13-20/h4-14,17H,15H2,1-3H3. The molecule has 4 nitrogen and oxygen atoms in total. The summed E-state index contributed by atoms with van der Waals surface area (Å²) in [5.41, 5.74) is 2.91. The van der Waals surface area contributed by atoms with Gasteiger partial charge < -0.3 is 4.57 Å². The number of aromatic nitrogens is 1. The van der Waals surface area contributed by atoms with Crippen molar-refractivity contribution < 1.29 is 13.2 Å². The molecule has 3 aromatic rings. The lowest BCUT2D eigenvalue weighted by molar-refractivity contribution is 0.103. The first-order valence-corrected chi connectivity index (χ1v) is 10.5. The molecule has 1 heterocycles. The second kappa shape index (κ2) is 7.53. The summed E-state index contributed by atoms with van der Waals surface area (Å²) in [6.45, 7) is 5.65. The molecular weight excluding hydrogens is 358 g/mol. The summed E-state index contributed by atoms with van der Waals surface area (Å²) in [5, 5.41) is 0. The van der Waals surface area contributed by atoms with Gasteiger partial charge in [-0.2, -0.15) is 0 Å². The van der Waals surface area contributed by atoms with Gasteiger partial charge in [-0.05, 0) is 39.0 Å². The van der Waals surface area contributed by atoms with E-state index in [-0.39, 0.29) is 17.6 Å². The van der Waals surface area contributed by atoms with Crippen molar-refractivity contribution in [3.8, 4) is 0 Å². The largest absolute Gasteiger partial charge is 0.345 e. The van der Waals surface area contributed by atoms with Gasteiger partial charge in [-0.3, -0.25) is 4.79 Å². The van der Waals surface area contributed by atoms with Crippen molar-refractivity contribution in [2.24, 2.45) is 0 Å². The van der Waals surface area contributed by atoms with E-state index in [0.29, 0.717) is 16.0 Å². The maximum atomic E-state index is 12.8. The highest BCUT2D eigenvalue weighted by molar-refractivity contribution is 7.91. The molecular formula is C22H23NO3S. The third-order valence-corrected chi connectivity index (χ3v) is 6.68. The van der Waals surface area contributed by atoms with Gasteiger partial charge in [-0.25, -0.2) is 8.42 Å². The molecule has 0 amide bonds. The van der Waals surface area contributed by atoms with Crippen LogP contribution in [0.3, 0.4) is 0 Å². The van der Waals surface area contributed by atoms with Gasteiger partial charge in [-0.1, -0.05) is 48.5 Å². The summed E-state index contributed by atoms with van der Waals surface area (Å²) < 4.78 is 27.4. The predicted octanol–water partition coefficient (Wildman–Crippen LogP) is 4.37. The molecule has 140 valence electrons. The number of hydrogen-bond acceptors (Lipinski definition) is 3. The molecule has 0 aliphatic carbocycles. The highest BCUT2D eigenvalue weighted by atomic mass is 32.2. The first-order valence-electron chi connectivity index (χ1n) is 8.87. The Balaban J connectivity index is 1.92. The molecule has 0 bridgehead atoms. The van der Waals surface area contributed by atoms with Crippen molar-refractivity contribution in [1.82, 2.24) is 4.57 Å². The Bertz CT molecular complexity index is 1050. The summed E-state index contributed by atoms with van der Waals surface area (Å²) in [4.78, 5) is 13.1. The van der Waals surface area contributed by atoms with E-state index in [1.54, 1.807) is 42.5 Å². The third-order valence-electron chi connectivity index (χ3n) is 4.77. The van der Waals surface area contributed by atoms with Gasteiger partial charge >= 0.3 is 0 Å². The Morgan fingerprint density at radius 3 is 2.11 bits per heavy atom. The van der Waals surface area contributed by atoms with Crippen LogP contribution in [0.15, 0.2) is 71.6 Å². The summed E-state index contributed by atoms with van der Waals surface area (Å²) in [5.74, 6) is -0.0696. The van der Waals surface area contributed by atoms with Gasteiger partial charge in [0, 0.05) is 28.6 Å². The zero-order chi connectivity index (χ0) is 19.6. The Morgan fingerprint density at radius 2 is 1.52 bits per heavy atom. The highest BCUT2D eigenvalue weighted by Crippen LogP contribution is 2.25. The molecule has 0 spiro atoms. The summed E-state index contributed by atoms with van der Waals surface area (Å²) in [6, 6.07) is 19.1. The van der Waals surface area contributed by atoms with Crippen molar-refractivity contribution in [3.05, 3.63) is 89.2 Å².